The summed E-state index contributed by atoms with van der Waals surface area (Å²) in [6.45, 7) is 4.30. The van der Waals surface area contributed by atoms with Crippen LogP contribution in [0.2, 0.25) is 0 Å². The minimum absolute atomic E-state index is 0.0764. The Hall–Kier alpha value is -2.37. The summed E-state index contributed by atoms with van der Waals surface area (Å²) >= 11 is 0. The summed E-state index contributed by atoms with van der Waals surface area (Å²) in [5.41, 5.74) is 1.62. The summed E-state index contributed by atoms with van der Waals surface area (Å²) in [4.78, 5) is 13.9. The fourth-order valence-electron chi connectivity index (χ4n) is 2.10. The zero-order valence-electron chi connectivity index (χ0n) is 11.8. The summed E-state index contributed by atoms with van der Waals surface area (Å²) in [5, 5.41) is 11.2. The second-order valence-corrected chi connectivity index (χ2v) is 4.90. The quantitative estimate of drug-likeness (QED) is 0.518. The van der Waals surface area contributed by atoms with E-state index < -0.39 is 0 Å². The van der Waals surface area contributed by atoms with Gasteiger partial charge in [0.25, 0.3) is 0 Å². The number of benzene rings is 1. The maximum absolute atomic E-state index is 11.2. The molecule has 6 heteroatoms. The van der Waals surface area contributed by atoms with Crippen molar-refractivity contribution in [2.24, 2.45) is 0 Å². The fraction of sp³-hybridized carbons (Fsp3) is 0.357. The molecule has 20 heavy (non-hydrogen) atoms. The molecule has 0 saturated carbocycles. The highest BCUT2D eigenvalue weighted by Crippen LogP contribution is 2.21. The SMILES string of the molecule is COc1ccc(C[n+]2c[nH]c(C(C)C)c2[N+](=O)[O-])cc1. The van der Waals surface area contributed by atoms with Crippen LogP contribution in [0.4, 0.5) is 5.82 Å². The van der Waals surface area contributed by atoms with Crippen LogP contribution in [0, 0.1) is 10.1 Å². The number of H-pyrrole nitrogens is 1. The van der Waals surface area contributed by atoms with Gasteiger partial charge >= 0.3 is 12.1 Å². The molecule has 0 spiro atoms. The lowest BCUT2D eigenvalue weighted by molar-refractivity contribution is -0.727. The third-order valence-electron chi connectivity index (χ3n) is 3.15. The normalized spacial score (nSPS) is 10.8. The van der Waals surface area contributed by atoms with Crippen LogP contribution in [0.15, 0.2) is 30.6 Å². The van der Waals surface area contributed by atoms with Crippen molar-refractivity contribution in [3.8, 4) is 5.75 Å². The number of imidazole rings is 1. The molecule has 0 aliphatic rings. The Balaban J connectivity index is 2.30. The van der Waals surface area contributed by atoms with Crippen LogP contribution in [0.3, 0.4) is 0 Å². The molecule has 0 bridgehead atoms. The highest BCUT2D eigenvalue weighted by atomic mass is 16.6. The van der Waals surface area contributed by atoms with Crippen molar-refractivity contribution in [3.05, 3.63) is 52.0 Å². The molecule has 1 heterocycles. The Bertz CT molecular complexity index is 603. The van der Waals surface area contributed by atoms with Gasteiger partial charge in [-0.25, -0.2) is 4.98 Å². The molecule has 0 radical (unpaired) electrons. The van der Waals surface area contributed by atoms with Crippen molar-refractivity contribution in [2.45, 2.75) is 26.3 Å². The van der Waals surface area contributed by atoms with E-state index in [4.69, 9.17) is 4.74 Å². The zero-order valence-corrected chi connectivity index (χ0v) is 11.8. The predicted octanol–water partition coefficient (Wildman–Crippen LogP) is 2.39. The van der Waals surface area contributed by atoms with E-state index in [1.54, 1.807) is 18.0 Å². The van der Waals surface area contributed by atoms with Crippen LogP contribution < -0.4 is 9.30 Å². The average molecular weight is 276 g/mol. The number of hydrogen-bond acceptors (Lipinski definition) is 3. The predicted molar refractivity (Wildman–Crippen MR) is 73.8 cm³/mol. The first-order valence-corrected chi connectivity index (χ1v) is 6.41. The lowest BCUT2D eigenvalue weighted by Crippen LogP contribution is -2.35. The Morgan fingerprint density at radius 3 is 2.50 bits per heavy atom. The Labute approximate surface area is 117 Å². The molecule has 0 aliphatic carbocycles. The van der Waals surface area contributed by atoms with Crippen LogP contribution in [-0.2, 0) is 6.54 Å². The summed E-state index contributed by atoms with van der Waals surface area (Å²) in [7, 11) is 1.61. The van der Waals surface area contributed by atoms with Gasteiger partial charge in [0.05, 0.1) is 7.11 Å². The van der Waals surface area contributed by atoms with Crippen LogP contribution in [0.1, 0.15) is 31.0 Å². The minimum Gasteiger partial charge on any atom is -0.497 e. The zero-order chi connectivity index (χ0) is 14.7. The van der Waals surface area contributed by atoms with Gasteiger partial charge in [-0.05, 0) is 12.1 Å². The molecule has 106 valence electrons. The van der Waals surface area contributed by atoms with Crippen molar-refractivity contribution >= 4 is 5.82 Å². The van der Waals surface area contributed by atoms with Gasteiger partial charge in [0, 0.05) is 16.4 Å². The maximum Gasteiger partial charge on any atom is 0.437 e. The molecule has 0 saturated heterocycles. The first kappa shape index (κ1) is 14.0. The van der Waals surface area contributed by atoms with E-state index in [1.165, 1.54) is 0 Å². The smallest absolute Gasteiger partial charge is 0.437 e. The fourth-order valence-corrected chi connectivity index (χ4v) is 2.10. The van der Waals surface area contributed by atoms with E-state index in [0.29, 0.717) is 12.2 Å². The maximum atomic E-state index is 11.2. The van der Waals surface area contributed by atoms with Crippen molar-refractivity contribution in [1.29, 1.82) is 0 Å². The number of methoxy groups -OCH3 is 1. The molecule has 0 aliphatic heterocycles. The van der Waals surface area contributed by atoms with Crippen LogP contribution in [0.25, 0.3) is 0 Å². The van der Waals surface area contributed by atoms with Crippen molar-refractivity contribution in [1.82, 2.24) is 4.98 Å². The van der Waals surface area contributed by atoms with Crippen molar-refractivity contribution < 1.29 is 14.2 Å². The summed E-state index contributed by atoms with van der Waals surface area (Å²) in [5.74, 6) is 0.966. The van der Waals surface area contributed by atoms with Gasteiger partial charge in [-0.3, -0.25) is 0 Å². The van der Waals surface area contributed by atoms with Crippen molar-refractivity contribution in [3.63, 3.8) is 0 Å². The number of rotatable bonds is 5. The number of hydrogen-bond donors (Lipinski definition) is 1. The summed E-state index contributed by atoms with van der Waals surface area (Å²) in [6, 6.07) is 7.49. The van der Waals surface area contributed by atoms with Gasteiger partial charge in [0.2, 0.25) is 5.69 Å². The number of nitrogens with one attached hydrogen (secondary N) is 1. The second-order valence-electron chi connectivity index (χ2n) is 4.90. The van der Waals surface area contributed by atoms with Crippen molar-refractivity contribution in [2.75, 3.05) is 7.11 Å². The molecule has 2 aromatic rings. The third kappa shape index (κ3) is 2.79. The molecule has 0 unspecified atom stereocenters. The van der Waals surface area contributed by atoms with Crippen LogP contribution >= 0.6 is 0 Å². The van der Waals surface area contributed by atoms with Gasteiger partial charge in [0.1, 0.15) is 12.3 Å². The number of aromatic nitrogens is 2. The summed E-state index contributed by atoms with van der Waals surface area (Å²) in [6.07, 6.45) is 1.65. The van der Waals surface area contributed by atoms with E-state index in [2.05, 4.69) is 4.98 Å². The topological polar surface area (TPSA) is 72.0 Å². The first-order valence-electron chi connectivity index (χ1n) is 6.41. The molecule has 1 N–H and O–H groups in total. The van der Waals surface area contributed by atoms with Crippen LogP contribution in [0.5, 0.6) is 5.75 Å². The first-order chi connectivity index (χ1) is 9.52. The molecule has 1 aromatic carbocycles. The Morgan fingerprint density at radius 1 is 1.35 bits per heavy atom. The van der Waals surface area contributed by atoms with Gasteiger partial charge in [-0.15, -0.1) is 4.57 Å². The molecule has 0 fully saturated rings. The van der Waals surface area contributed by atoms with E-state index in [1.807, 2.05) is 38.1 Å². The van der Waals surface area contributed by atoms with Gasteiger partial charge in [-0.1, -0.05) is 26.0 Å². The molecular formula is C14H18N3O3+. The lowest BCUT2D eigenvalue weighted by Gasteiger charge is -2.02. The Kier molecular flexibility index (Phi) is 4.02. The molecular weight excluding hydrogens is 258 g/mol. The second kappa shape index (κ2) is 5.73. The highest BCUT2D eigenvalue weighted by Gasteiger charge is 2.30. The van der Waals surface area contributed by atoms with Gasteiger partial charge < -0.3 is 14.9 Å². The standard InChI is InChI=1S/C14H17N3O3/c1-10(2)13-14(17(18)19)16(9-15-13)8-11-4-6-12(20-3)7-5-11/h4-7,9-10H,8H2,1-3H3/p+1. The Morgan fingerprint density at radius 2 is 2.00 bits per heavy atom. The van der Waals surface area contributed by atoms with E-state index in [-0.39, 0.29) is 16.7 Å². The summed E-state index contributed by atoms with van der Waals surface area (Å²) < 4.78 is 6.72. The molecule has 6 nitrogen and oxygen atoms in total. The largest absolute Gasteiger partial charge is 0.497 e. The highest BCUT2D eigenvalue weighted by molar-refractivity contribution is 5.27. The van der Waals surface area contributed by atoms with Gasteiger partial charge in [0.15, 0.2) is 0 Å². The molecule has 1 aromatic heterocycles. The number of nitro groups is 1. The minimum atomic E-state index is -0.338. The molecule has 0 amide bonds. The van der Waals surface area contributed by atoms with E-state index >= 15 is 0 Å². The molecule has 2 rings (SSSR count). The number of nitrogens with zero attached hydrogens (tertiary/aromatic N) is 2. The van der Waals surface area contributed by atoms with E-state index in [9.17, 15) is 10.1 Å². The molecule has 0 atom stereocenters. The van der Waals surface area contributed by atoms with Crippen LogP contribution in [-0.4, -0.2) is 17.0 Å². The van der Waals surface area contributed by atoms with E-state index in [0.717, 1.165) is 11.3 Å². The number of ether oxygens (including phenoxy) is 1. The third-order valence-corrected chi connectivity index (χ3v) is 3.15. The number of aromatic amines is 1. The van der Waals surface area contributed by atoms with Gasteiger partial charge in [-0.2, -0.15) is 0 Å². The average Bonchev–Trinajstić information content (AvgIpc) is 2.83. The monoisotopic (exact) mass is 276 g/mol. The lowest BCUT2D eigenvalue weighted by atomic mass is 10.1.